The van der Waals surface area contributed by atoms with Crippen molar-refractivity contribution in [1.82, 2.24) is 19.9 Å². The van der Waals surface area contributed by atoms with E-state index in [1.807, 2.05) is 0 Å². The number of sulfone groups is 1. The highest BCUT2D eigenvalue weighted by Crippen LogP contribution is 2.27. The number of hydrogen-bond acceptors (Lipinski definition) is 12. The van der Waals surface area contributed by atoms with Gasteiger partial charge in [0.2, 0.25) is 5.88 Å². The summed E-state index contributed by atoms with van der Waals surface area (Å²) in [4.78, 5) is 36.2. The molecule has 4 heterocycles. The topological polar surface area (TPSA) is 155 Å². The second-order valence-corrected chi connectivity index (χ2v) is 11.3. The number of amides is 1. The van der Waals surface area contributed by atoms with E-state index in [0.717, 1.165) is 0 Å². The minimum absolute atomic E-state index is 0.0728. The number of methoxy groups -OCH3 is 1. The molecule has 0 unspecified atom stereocenters. The molecule has 0 aliphatic carbocycles. The van der Waals surface area contributed by atoms with E-state index in [1.165, 1.54) is 42.7 Å². The number of pyridine rings is 1. The second-order valence-electron chi connectivity index (χ2n) is 8.08. The Morgan fingerprint density at radius 2 is 1.95 bits per heavy atom. The maximum atomic E-state index is 13.3. The monoisotopic (exact) mass is 554 g/mol. The number of carbonyl (C=O) groups excluding carboxylic acids is 1. The lowest BCUT2D eigenvalue weighted by atomic mass is 10.1. The lowest BCUT2D eigenvalue weighted by Crippen LogP contribution is -2.25. The molecule has 1 N–H and O–H groups in total. The Kier molecular flexibility index (Phi) is 7.53. The van der Waals surface area contributed by atoms with Gasteiger partial charge < -0.3 is 14.3 Å². The number of ether oxygens (including phenoxy) is 2. The molecule has 12 nitrogen and oxygen atoms in total. The zero-order chi connectivity index (χ0) is 26.5. The van der Waals surface area contributed by atoms with Gasteiger partial charge in [0.15, 0.2) is 33.1 Å². The Labute approximate surface area is 221 Å². The van der Waals surface area contributed by atoms with Gasteiger partial charge in [0.25, 0.3) is 5.91 Å². The molecule has 5 rings (SSSR count). The van der Waals surface area contributed by atoms with E-state index in [-0.39, 0.29) is 23.8 Å². The van der Waals surface area contributed by atoms with E-state index in [1.54, 1.807) is 30.6 Å². The number of nitrogens with zero attached hydrogens (tertiary/aromatic N) is 5. The molecular weight excluding hydrogens is 532 g/mol. The third-order valence-corrected chi connectivity index (χ3v) is 8.69. The van der Waals surface area contributed by atoms with Gasteiger partial charge in [-0.15, -0.1) is 0 Å². The maximum absolute atomic E-state index is 13.3. The van der Waals surface area contributed by atoms with E-state index < -0.39 is 21.0 Å². The fraction of sp³-hybridized carbons (Fsp3) is 0.250. The van der Waals surface area contributed by atoms with Crippen LogP contribution in [0.25, 0.3) is 10.3 Å². The Hall–Kier alpha value is -4.01. The molecule has 0 radical (unpaired) electrons. The van der Waals surface area contributed by atoms with Crippen molar-refractivity contribution in [2.24, 2.45) is 5.16 Å². The smallest absolute Gasteiger partial charge is 0.280 e. The van der Waals surface area contributed by atoms with Crippen LogP contribution in [0.15, 0.2) is 64.9 Å². The summed E-state index contributed by atoms with van der Waals surface area (Å²) >= 11 is 1.17. The summed E-state index contributed by atoms with van der Waals surface area (Å²) in [6.45, 7) is 0.504. The molecule has 0 saturated carbocycles. The largest absolute Gasteiger partial charge is 0.481 e. The summed E-state index contributed by atoms with van der Waals surface area (Å²) in [5.74, 6) is 0.198. The number of carbonyl (C=O) groups is 1. The van der Waals surface area contributed by atoms with Gasteiger partial charge in [0, 0.05) is 30.6 Å². The molecule has 4 aromatic rings. The summed E-state index contributed by atoms with van der Waals surface area (Å²) in [7, 11) is -2.05. The predicted molar refractivity (Wildman–Crippen MR) is 139 cm³/mol. The van der Waals surface area contributed by atoms with Gasteiger partial charge >= 0.3 is 0 Å². The van der Waals surface area contributed by atoms with Crippen molar-refractivity contribution in [3.8, 4) is 5.88 Å². The van der Waals surface area contributed by atoms with Gasteiger partial charge in [-0.3, -0.25) is 10.1 Å². The molecule has 1 aromatic carbocycles. The van der Waals surface area contributed by atoms with Crippen LogP contribution in [0.5, 0.6) is 5.88 Å². The highest BCUT2D eigenvalue weighted by Gasteiger charge is 2.31. The quantitative estimate of drug-likeness (QED) is 0.241. The first-order valence-corrected chi connectivity index (χ1v) is 13.8. The summed E-state index contributed by atoms with van der Waals surface area (Å²) in [5, 5.41) is 6.45. The van der Waals surface area contributed by atoms with Gasteiger partial charge in [-0.05, 0) is 30.7 Å². The number of anilines is 1. The summed E-state index contributed by atoms with van der Waals surface area (Å²) in [6, 6.07) is 11.0. The number of nitrogens with one attached hydrogen (secondary N) is 1. The molecule has 3 aromatic heterocycles. The van der Waals surface area contributed by atoms with Crippen molar-refractivity contribution in [2.75, 3.05) is 25.6 Å². The Morgan fingerprint density at radius 1 is 1.16 bits per heavy atom. The molecule has 1 saturated heterocycles. The first kappa shape index (κ1) is 25.6. The first-order valence-electron chi connectivity index (χ1n) is 11.4. The maximum Gasteiger partial charge on any atom is 0.280 e. The van der Waals surface area contributed by atoms with Crippen LogP contribution in [0.4, 0.5) is 5.13 Å². The van der Waals surface area contributed by atoms with Crippen LogP contribution in [0, 0.1) is 0 Å². The standard InChI is InChI=1S/C24H22N6O6S2/c1-34-20-8-7-18-23(28-20)37-24(27-18)29-22(31)21(30-36-14-19-25-10-2-11-26-19)15-3-5-16(6-4-15)38(32,33)17-9-12-35-13-17/h2-8,10-11,17H,9,12-14H2,1H3,(H,27,29,31)/b30-21+/t17-/m0/s1. The van der Waals surface area contributed by atoms with E-state index in [9.17, 15) is 13.2 Å². The van der Waals surface area contributed by atoms with Crippen molar-refractivity contribution < 1.29 is 27.5 Å². The van der Waals surface area contributed by atoms with E-state index in [0.29, 0.717) is 45.8 Å². The van der Waals surface area contributed by atoms with Gasteiger partial charge in [-0.25, -0.2) is 28.4 Å². The highest BCUT2D eigenvalue weighted by molar-refractivity contribution is 7.92. The predicted octanol–water partition coefficient (Wildman–Crippen LogP) is 2.61. The Balaban J connectivity index is 1.40. The molecule has 196 valence electrons. The SMILES string of the molecule is COc1ccc2nc(NC(=O)/C(=N/OCc3ncccn3)c3ccc(S(=O)(=O)[C@H]4CCOC4)cc3)sc2n1. The summed E-state index contributed by atoms with van der Waals surface area (Å²) < 4.78 is 36.2. The lowest BCUT2D eigenvalue weighted by Gasteiger charge is -2.11. The number of rotatable bonds is 9. The fourth-order valence-electron chi connectivity index (χ4n) is 3.66. The normalized spacial score (nSPS) is 15.9. The van der Waals surface area contributed by atoms with Gasteiger partial charge in [-0.1, -0.05) is 28.6 Å². The van der Waals surface area contributed by atoms with E-state index in [2.05, 4.69) is 30.4 Å². The van der Waals surface area contributed by atoms with Crippen molar-refractivity contribution in [3.05, 3.63) is 66.2 Å². The minimum atomic E-state index is -3.56. The van der Waals surface area contributed by atoms with Crippen molar-refractivity contribution >= 4 is 48.3 Å². The zero-order valence-electron chi connectivity index (χ0n) is 20.1. The minimum Gasteiger partial charge on any atom is -0.481 e. The lowest BCUT2D eigenvalue weighted by molar-refractivity contribution is -0.110. The average Bonchev–Trinajstić information content (AvgIpc) is 3.62. The van der Waals surface area contributed by atoms with Gasteiger partial charge in [-0.2, -0.15) is 0 Å². The van der Waals surface area contributed by atoms with Crippen molar-refractivity contribution in [3.63, 3.8) is 0 Å². The molecule has 0 bridgehead atoms. The molecule has 38 heavy (non-hydrogen) atoms. The van der Waals surface area contributed by atoms with E-state index in [4.69, 9.17) is 14.3 Å². The number of hydrogen-bond donors (Lipinski definition) is 1. The fourth-order valence-corrected chi connectivity index (χ4v) is 6.07. The summed E-state index contributed by atoms with van der Waals surface area (Å²) in [5.41, 5.74) is 0.852. The third kappa shape index (κ3) is 5.61. The van der Waals surface area contributed by atoms with Crippen LogP contribution in [0.3, 0.4) is 0 Å². The van der Waals surface area contributed by atoms with Crippen LogP contribution in [0.1, 0.15) is 17.8 Å². The second kappa shape index (κ2) is 11.2. The Morgan fingerprint density at radius 3 is 2.66 bits per heavy atom. The summed E-state index contributed by atoms with van der Waals surface area (Å²) in [6.07, 6.45) is 3.57. The number of oxime groups is 1. The molecule has 1 fully saturated rings. The molecule has 1 aliphatic heterocycles. The molecule has 1 amide bonds. The van der Waals surface area contributed by atoms with Crippen LogP contribution in [0.2, 0.25) is 0 Å². The van der Waals surface area contributed by atoms with Crippen LogP contribution in [-0.4, -0.2) is 65.5 Å². The van der Waals surface area contributed by atoms with Crippen LogP contribution in [-0.2, 0) is 30.8 Å². The molecule has 14 heteroatoms. The molecule has 0 spiro atoms. The molecule has 1 aliphatic rings. The number of benzene rings is 1. The zero-order valence-corrected chi connectivity index (χ0v) is 21.7. The van der Waals surface area contributed by atoms with Crippen molar-refractivity contribution in [1.29, 1.82) is 0 Å². The van der Waals surface area contributed by atoms with E-state index >= 15 is 0 Å². The number of fused-ring (bicyclic) bond motifs is 1. The number of aromatic nitrogens is 4. The Bertz CT molecular complexity index is 1570. The molecule has 1 atom stereocenters. The first-order chi connectivity index (χ1) is 18.4. The molecular formula is C24H22N6O6S2. The van der Waals surface area contributed by atoms with Gasteiger partial charge in [0.1, 0.15) is 10.3 Å². The van der Waals surface area contributed by atoms with Gasteiger partial charge in [0.05, 0.1) is 23.9 Å². The average molecular weight is 555 g/mol. The highest BCUT2D eigenvalue weighted by atomic mass is 32.2. The third-order valence-electron chi connectivity index (χ3n) is 5.63. The van der Waals surface area contributed by atoms with Crippen LogP contribution < -0.4 is 10.1 Å². The van der Waals surface area contributed by atoms with Crippen LogP contribution >= 0.6 is 11.3 Å². The van der Waals surface area contributed by atoms with Crippen molar-refractivity contribution in [2.45, 2.75) is 23.2 Å². The number of thiazole rings is 1.